The molecule has 1 saturated carbocycles. The van der Waals surface area contributed by atoms with Crippen LogP contribution in [0.2, 0.25) is 0 Å². The number of nitrogens with zero attached hydrogens (tertiary/aromatic N) is 1. The van der Waals surface area contributed by atoms with Gasteiger partial charge in [-0.15, -0.1) is 0 Å². The molecule has 4 nitrogen and oxygen atoms in total. The lowest BCUT2D eigenvalue weighted by molar-refractivity contribution is -0.138. The van der Waals surface area contributed by atoms with E-state index >= 15 is 0 Å². The van der Waals surface area contributed by atoms with Crippen molar-refractivity contribution in [3.05, 3.63) is 12.2 Å². The molecule has 19 heavy (non-hydrogen) atoms. The van der Waals surface area contributed by atoms with E-state index in [4.69, 9.17) is 4.74 Å². The molecule has 1 aliphatic heterocycles. The van der Waals surface area contributed by atoms with E-state index in [0.29, 0.717) is 30.9 Å². The number of imide groups is 1. The fraction of sp³-hybridized carbons (Fsp3) is 0.733. The van der Waals surface area contributed by atoms with Crippen LogP contribution in [0.15, 0.2) is 12.2 Å². The van der Waals surface area contributed by atoms with E-state index in [1.165, 1.54) is 11.3 Å². The van der Waals surface area contributed by atoms with Crippen LogP contribution in [0.5, 0.6) is 0 Å². The predicted octanol–water partition coefficient (Wildman–Crippen LogP) is 2.59. The van der Waals surface area contributed by atoms with Crippen molar-refractivity contribution in [2.45, 2.75) is 32.6 Å². The second-order valence-corrected chi connectivity index (χ2v) is 5.87. The Labute approximate surface area is 113 Å². The van der Waals surface area contributed by atoms with E-state index in [1.54, 1.807) is 0 Å². The topological polar surface area (TPSA) is 46.6 Å². The molecule has 0 unspecified atom stereocenters. The fourth-order valence-electron chi connectivity index (χ4n) is 3.97. The lowest BCUT2D eigenvalue weighted by Gasteiger charge is -2.44. The highest BCUT2D eigenvalue weighted by Gasteiger charge is 2.47. The average Bonchev–Trinajstić information content (AvgIpc) is 2.86. The third-order valence-corrected chi connectivity index (χ3v) is 4.85. The number of rotatable bonds is 3. The van der Waals surface area contributed by atoms with E-state index in [-0.39, 0.29) is 11.8 Å². The lowest BCUT2D eigenvalue weighted by atomic mass is 9.60. The normalized spacial score (nSPS) is 36.7. The largest absolute Gasteiger partial charge is 0.447 e. The number of amides is 2. The fourth-order valence-corrected chi connectivity index (χ4v) is 3.97. The Bertz CT molecular complexity index is 418. The maximum atomic E-state index is 12.7. The van der Waals surface area contributed by atoms with Gasteiger partial charge < -0.3 is 4.74 Å². The zero-order valence-electron chi connectivity index (χ0n) is 11.4. The molecule has 0 aromatic carbocycles. The molecule has 1 heterocycles. The first-order valence-electron chi connectivity index (χ1n) is 7.39. The Morgan fingerprint density at radius 3 is 2.68 bits per heavy atom. The van der Waals surface area contributed by atoms with Crippen molar-refractivity contribution in [1.29, 1.82) is 0 Å². The molecule has 0 aromatic heterocycles. The first kappa shape index (κ1) is 12.7. The van der Waals surface area contributed by atoms with Gasteiger partial charge in [-0.25, -0.2) is 9.69 Å². The molecule has 0 aromatic rings. The molecular weight excluding hydrogens is 242 g/mol. The molecule has 0 radical (unpaired) electrons. The third-order valence-electron chi connectivity index (χ3n) is 4.85. The van der Waals surface area contributed by atoms with Crippen LogP contribution in [0.3, 0.4) is 0 Å². The standard InChI is InChI=1S/C15H21NO3/c1-2-3-12-10-4-6-11(7-5-10)13(12)14(17)16-8-9-19-15(16)18/h4,6,10-13H,2-3,5,7-9H2,1H3/t10-,11+,12+,13+/m0/s1. The summed E-state index contributed by atoms with van der Waals surface area (Å²) in [5, 5.41) is 0. The van der Waals surface area contributed by atoms with Crippen LogP contribution in [0, 0.1) is 23.7 Å². The predicted molar refractivity (Wildman–Crippen MR) is 70.3 cm³/mol. The summed E-state index contributed by atoms with van der Waals surface area (Å²) in [6, 6.07) is 0. The Balaban J connectivity index is 1.83. The maximum Gasteiger partial charge on any atom is 0.416 e. The molecule has 4 rings (SSSR count). The molecule has 1 saturated heterocycles. The third kappa shape index (κ3) is 2.07. The number of ether oxygens (including phenoxy) is 1. The van der Waals surface area contributed by atoms with Crippen molar-refractivity contribution in [2.75, 3.05) is 13.2 Å². The number of cyclic esters (lactones) is 1. The van der Waals surface area contributed by atoms with E-state index in [9.17, 15) is 9.59 Å². The van der Waals surface area contributed by atoms with Crippen molar-refractivity contribution < 1.29 is 14.3 Å². The Kier molecular flexibility index (Phi) is 3.33. The van der Waals surface area contributed by atoms with Gasteiger partial charge in [0.2, 0.25) is 5.91 Å². The Morgan fingerprint density at radius 1 is 1.37 bits per heavy atom. The van der Waals surface area contributed by atoms with Crippen molar-refractivity contribution in [2.24, 2.45) is 23.7 Å². The summed E-state index contributed by atoms with van der Waals surface area (Å²) in [6.45, 7) is 2.94. The van der Waals surface area contributed by atoms with Gasteiger partial charge in [-0.05, 0) is 37.0 Å². The van der Waals surface area contributed by atoms with Gasteiger partial charge in [0.1, 0.15) is 6.61 Å². The molecule has 2 amide bonds. The van der Waals surface area contributed by atoms with Crippen molar-refractivity contribution in [3.8, 4) is 0 Å². The van der Waals surface area contributed by atoms with Crippen LogP contribution < -0.4 is 0 Å². The number of hydrogen-bond donors (Lipinski definition) is 0. The lowest BCUT2D eigenvalue weighted by Crippen LogP contribution is -2.48. The summed E-state index contributed by atoms with van der Waals surface area (Å²) in [4.78, 5) is 25.6. The van der Waals surface area contributed by atoms with Gasteiger partial charge in [-0.1, -0.05) is 25.5 Å². The van der Waals surface area contributed by atoms with Crippen LogP contribution >= 0.6 is 0 Å². The summed E-state index contributed by atoms with van der Waals surface area (Å²) in [6.07, 6.45) is 8.48. The summed E-state index contributed by atoms with van der Waals surface area (Å²) >= 11 is 0. The minimum Gasteiger partial charge on any atom is -0.447 e. The van der Waals surface area contributed by atoms with Crippen LogP contribution in [0.25, 0.3) is 0 Å². The van der Waals surface area contributed by atoms with Gasteiger partial charge in [-0.3, -0.25) is 4.79 Å². The second-order valence-electron chi connectivity index (χ2n) is 5.87. The quantitative estimate of drug-likeness (QED) is 0.735. The highest BCUT2D eigenvalue weighted by atomic mass is 16.6. The molecule has 0 spiro atoms. The molecule has 4 aliphatic rings. The molecule has 2 fully saturated rings. The summed E-state index contributed by atoms with van der Waals surface area (Å²) in [5.74, 6) is 1.25. The zero-order chi connectivity index (χ0) is 13.4. The minimum absolute atomic E-state index is 0.000000000000000444. The zero-order valence-corrected chi connectivity index (χ0v) is 11.4. The van der Waals surface area contributed by atoms with Gasteiger partial charge in [0.25, 0.3) is 0 Å². The first-order chi connectivity index (χ1) is 9.22. The van der Waals surface area contributed by atoms with E-state index in [0.717, 1.165) is 19.3 Å². The van der Waals surface area contributed by atoms with Gasteiger partial charge in [0.15, 0.2) is 0 Å². The number of hydrogen-bond acceptors (Lipinski definition) is 3. The molecular formula is C15H21NO3. The van der Waals surface area contributed by atoms with Crippen molar-refractivity contribution in [3.63, 3.8) is 0 Å². The molecule has 3 aliphatic carbocycles. The van der Waals surface area contributed by atoms with Gasteiger partial charge in [0.05, 0.1) is 6.54 Å². The molecule has 4 heteroatoms. The average molecular weight is 263 g/mol. The van der Waals surface area contributed by atoms with Crippen LogP contribution in [-0.2, 0) is 9.53 Å². The van der Waals surface area contributed by atoms with Crippen LogP contribution in [0.1, 0.15) is 32.6 Å². The summed E-state index contributed by atoms with van der Waals surface area (Å²) in [7, 11) is 0. The maximum absolute atomic E-state index is 12.7. The monoisotopic (exact) mass is 263 g/mol. The Hall–Kier alpha value is -1.32. The Morgan fingerprint density at radius 2 is 2.11 bits per heavy atom. The molecule has 4 atom stereocenters. The van der Waals surface area contributed by atoms with Gasteiger partial charge in [-0.2, -0.15) is 0 Å². The number of carbonyl (C=O) groups is 2. The second kappa shape index (κ2) is 4.99. The summed E-state index contributed by atoms with van der Waals surface area (Å²) < 4.78 is 4.90. The van der Waals surface area contributed by atoms with Crippen molar-refractivity contribution >= 4 is 12.0 Å². The molecule has 104 valence electrons. The number of allylic oxidation sites excluding steroid dienone is 2. The van der Waals surface area contributed by atoms with Gasteiger partial charge in [0, 0.05) is 5.92 Å². The highest BCUT2D eigenvalue weighted by Crippen LogP contribution is 2.47. The SMILES string of the molecule is CCC[C@H]1[C@H](C(=O)N2CCOC2=O)[C@@H]2C=C[C@H]1CC2. The molecule has 0 N–H and O–H groups in total. The van der Waals surface area contributed by atoms with Crippen LogP contribution in [0.4, 0.5) is 4.79 Å². The summed E-state index contributed by atoms with van der Waals surface area (Å²) in [5.41, 5.74) is 0. The first-order valence-corrected chi connectivity index (χ1v) is 7.39. The smallest absolute Gasteiger partial charge is 0.416 e. The highest BCUT2D eigenvalue weighted by molar-refractivity contribution is 5.94. The molecule has 2 bridgehead atoms. The van der Waals surface area contributed by atoms with E-state index in [2.05, 4.69) is 19.1 Å². The minimum atomic E-state index is -0.453. The number of carbonyl (C=O) groups excluding carboxylic acids is 2. The van der Waals surface area contributed by atoms with Crippen molar-refractivity contribution in [1.82, 2.24) is 4.90 Å². The van der Waals surface area contributed by atoms with Gasteiger partial charge >= 0.3 is 6.09 Å². The van der Waals surface area contributed by atoms with E-state index < -0.39 is 6.09 Å². The number of fused-ring (bicyclic) bond motifs is 2. The van der Waals surface area contributed by atoms with Crippen LogP contribution in [-0.4, -0.2) is 30.1 Å². The van der Waals surface area contributed by atoms with E-state index in [1.807, 2.05) is 0 Å².